The van der Waals surface area contributed by atoms with Crippen molar-refractivity contribution in [2.24, 2.45) is 0 Å². The molecule has 2 aromatic rings. The molecule has 1 aromatic carbocycles. The highest BCUT2D eigenvalue weighted by Crippen LogP contribution is 2.05. The van der Waals surface area contributed by atoms with E-state index in [1.54, 1.807) is 4.57 Å². The van der Waals surface area contributed by atoms with Crippen molar-refractivity contribution in [3.8, 4) is 15.5 Å². The fourth-order valence-corrected chi connectivity index (χ4v) is 1.77. The molecule has 0 atom stereocenters. The lowest BCUT2D eigenvalue weighted by Crippen LogP contribution is -2.23. The Morgan fingerprint density at radius 2 is 2.06 bits per heavy atom. The SMILES string of the molecule is Cc1nn(CC#CI)c(=O)n1-c1ccccc1. The predicted molar refractivity (Wildman–Crippen MR) is 74.4 cm³/mol. The summed E-state index contributed by atoms with van der Waals surface area (Å²) in [6.07, 6.45) is 0. The van der Waals surface area contributed by atoms with Crippen LogP contribution in [0.15, 0.2) is 35.1 Å². The van der Waals surface area contributed by atoms with Crippen molar-refractivity contribution in [3.63, 3.8) is 0 Å². The number of hydrogen-bond acceptors (Lipinski definition) is 2. The molecule has 0 saturated carbocycles. The van der Waals surface area contributed by atoms with E-state index >= 15 is 0 Å². The summed E-state index contributed by atoms with van der Waals surface area (Å²) in [5.74, 6) is 3.48. The minimum atomic E-state index is -0.159. The molecule has 5 heteroatoms. The van der Waals surface area contributed by atoms with Crippen molar-refractivity contribution in [3.05, 3.63) is 46.6 Å². The van der Waals surface area contributed by atoms with Crippen LogP contribution < -0.4 is 5.69 Å². The summed E-state index contributed by atoms with van der Waals surface area (Å²) in [6, 6.07) is 9.46. The summed E-state index contributed by atoms with van der Waals surface area (Å²) in [5, 5.41) is 4.19. The van der Waals surface area contributed by atoms with Gasteiger partial charge in [-0.25, -0.2) is 14.0 Å². The van der Waals surface area contributed by atoms with Crippen molar-refractivity contribution >= 4 is 22.6 Å². The van der Waals surface area contributed by atoms with Gasteiger partial charge in [0.1, 0.15) is 12.4 Å². The van der Waals surface area contributed by atoms with E-state index in [0.717, 1.165) is 5.69 Å². The molecule has 17 heavy (non-hydrogen) atoms. The number of aryl methyl sites for hydroxylation is 1. The number of aromatic nitrogens is 3. The first-order valence-corrected chi connectivity index (χ1v) is 6.12. The lowest BCUT2D eigenvalue weighted by molar-refractivity contribution is 0.676. The molecule has 2 rings (SSSR count). The van der Waals surface area contributed by atoms with E-state index in [9.17, 15) is 4.79 Å². The second-order valence-electron chi connectivity index (χ2n) is 3.43. The van der Waals surface area contributed by atoms with Crippen LogP contribution in [0.4, 0.5) is 0 Å². The van der Waals surface area contributed by atoms with Gasteiger partial charge >= 0.3 is 5.69 Å². The number of rotatable bonds is 2. The van der Waals surface area contributed by atoms with E-state index in [-0.39, 0.29) is 5.69 Å². The van der Waals surface area contributed by atoms with Gasteiger partial charge in [0.25, 0.3) is 0 Å². The zero-order valence-corrected chi connectivity index (χ0v) is 11.4. The van der Waals surface area contributed by atoms with Crippen LogP contribution >= 0.6 is 22.6 Å². The second kappa shape index (κ2) is 5.19. The first kappa shape index (κ1) is 11.9. The highest BCUT2D eigenvalue weighted by atomic mass is 127. The topological polar surface area (TPSA) is 39.8 Å². The third-order valence-electron chi connectivity index (χ3n) is 2.31. The minimum absolute atomic E-state index is 0.159. The molecule has 0 radical (unpaired) electrons. The Morgan fingerprint density at radius 1 is 1.35 bits per heavy atom. The highest BCUT2D eigenvalue weighted by Gasteiger charge is 2.10. The molecular weight excluding hydrogens is 329 g/mol. The smallest absolute Gasteiger partial charge is 0.247 e. The largest absolute Gasteiger partial charge is 0.351 e. The number of benzene rings is 1. The maximum absolute atomic E-state index is 12.1. The summed E-state index contributed by atoms with van der Waals surface area (Å²) in [6.45, 7) is 2.13. The van der Waals surface area contributed by atoms with Gasteiger partial charge < -0.3 is 0 Å². The Kier molecular flexibility index (Phi) is 3.64. The molecule has 0 aliphatic heterocycles. The maximum atomic E-state index is 12.1. The number of halogens is 1. The van der Waals surface area contributed by atoms with Gasteiger partial charge in [-0.05, 0) is 23.0 Å². The molecule has 1 heterocycles. The fourth-order valence-electron chi connectivity index (χ4n) is 1.60. The van der Waals surface area contributed by atoms with Crippen LogP contribution in [0.3, 0.4) is 0 Å². The van der Waals surface area contributed by atoms with Gasteiger partial charge in [-0.3, -0.25) is 0 Å². The third kappa shape index (κ3) is 2.42. The summed E-state index contributed by atoms with van der Waals surface area (Å²) in [7, 11) is 0. The van der Waals surface area contributed by atoms with Crippen molar-refractivity contribution < 1.29 is 0 Å². The quantitative estimate of drug-likeness (QED) is 0.618. The molecule has 0 bridgehead atoms. The fraction of sp³-hybridized carbons (Fsp3) is 0.167. The molecule has 0 unspecified atom stereocenters. The van der Waals surface area contributed by atoms with Crippen molar-refractivity contribution in [1.82, 2.24) is 14.3 Å². The average molecular weight is 339 g/mol. The average Bonchev–Trinajstić information content (AvgIpc) is 2.63. The normalized spacial score (nSPS) is 9.76. The molecule has 0 amide bonds. The summed E-state index contributed by atoms with van der Waals surface area (Å²) in [4.78, 5) is 12.1. The summed E-state index contributed by atoms with van der Waals surface area (Å²) >= 11 is 1.94. The van der Waals surface area contributed by atoms with Gasteiger partial charge in [0.15, 0.2) is 0 Å². The summed E-state index contributed by atoms with van der Waals surface area (Å²) < 4.78 is 5.67. The Balaban J connectivity index is 2.52. The highest BCUT2D eigenvalue weighted by molar-refractivity contribution is 14.1. The molecule has 0 fully saturated rings. The van der Waals surface area contributed by atoms with Crippen LogP contribution in [0.25, 0.3) is 5.69 Å². The Bertz CT molecular complexity index is 631. The lowest BCUT2D eigenvalue weighted by atomic mass is 10.3. The molecule has 0 saturated heterocycles. The van der Waals surface area contributed by atoms with Crippen LogP contribution in [0.5, 0.6) is 0 Å². The van der Waals surface area contributed by atoms with E-state index in [4.69, 9.17) is 0 Å². The van der Waals surface area contributed by atoms with E-state index in [1.165, 1.54) is 4.68 Å². The molecule has 0 spiro atoms. The van der Waals surface area contributed by atoms with Gasteiger partial charge in [-0.1, -0.05) is 24.1 Å². The van der Waals surface area contributed by atoms with Gasteiger partial charge in [0.2, 0.25) is 0 Å². The van der Waals surface area contributed by atoms with Gasteiger partial charge in [0.05, 0.1) is 5.69 Å². The first-order valence-electron chi connectivity index (χ1n) is 5.04. The second-order valence-corrected chi connectivity index (χ2v) is 3.97. The standard InChI is InChI=1S/C12H10IN3O/c1-10-14-15(9-5-8-13)12(17)16(10)11-6-3-2-4-7-11/h2-4,6-7H,9H2,1H3. The maximum Gasteiger partial charge on any atom is 0.351 e. The Morgan fingerprint density at radius 3 is 2.71 bits per heavy atom. The predicted octanol–water partition coefficient (Wildman–Crippen LogP) is 1.74. The van der Waals surface area contributed by atoms with E-state index in [1.807, 2.05) is 59.8 Å². The van der Waals surface area contributed by atoms with Crippen LogP contribution in [0.2, 0.25) is 0 Å². The van der Waals surface area contributed by atoms with Crippen molar-refractivity contribution in [1.29, 1.82) is 0 Å². The molecule has 1 aromatic heterocycles. The number of hydrogen-bond donors (Lipinski definition) is 0. The first-order chi connectivity index (χ1) is 8.24. The van der Waals surface area contributed by atoms with E-state index in [2.05, 4.69) is 14.9 Å². The van der Waals surface area contributed by atoms with Gasteiger partial charge in [-0.2, -0.15) is 5.10 Å². The molecule has 0 N–H and O–H groups in total. The Labute approximate surface area is 112 Å². The number of para-hydroxylation sites is 1. The van der Waals surface area contributed by atoms with Crippen molar-refractivity contribution in [2.75, 3.05) is 0 Å². The van der Waals surface area contributed by atoms with Gasteiger partial charge in [-0.15, -0.1) is 0 Å². The molecule has 4 nitrogen and oxygen atoms in total. The zero-order valence-electron chi connectivity index (χ0n) is 9.22. The minimum Gasteiger partial charge on any atom is -0.247 e. The van der Waals surface area contributed by atoms with Crippen molar-refractivity contribution in [2.45, 2.75) is 13.5 Å². The summed E-state index contributed by atoms with van der Waals surface area (Å²) in [5.41, 5.74) is 0.663. The zero-order chi connectivity index (χ0) is 12.3. The lowest BCUT2D eigenvalue weighted by Gasteiger charge is -2.00. The molecule has 0 aliphatic rings. The monoisotopic (exact) mass is 339 g/mol. The van der Waals surface area contributed by atoms with Crippen LogP contribution in [-0.4, -0.2) is 14.3 Å². The molecule has 86 valence electrons. The molecule has 0 aliphatic carbocycles. The van der Waals surface area contributed by atoms with E-state index in [0.29, 0.717) is 12.4 Å². The van der Waals surface area contributed by atoms with Crippen LogP contribution in [0.1, 0.15) is 5.82 Å². The van der Waals surface area contributed by atoms with Crippen LogP contribution in [0, 0.1) is 16.8 Å². The Hall–Kier alpha value is -1.55. The third-order valence-corrected chi connectivity index (χ3v) is 2.69. The number of nitrogens with zero attached hydrogens (tertiary/aromatic N) is 3. The molecular formula is C12H10IN3O. The van der Waals surface area contributed by atoms with E-state index < -0.39 is 0 Å². The van der Waals surface area contributed by atoms with Crippen LogP contribution in [-0.2, 0) is 6.54 Å². The van der Waals surface area contributed by atoms with Gasteiger partial charge in [0, 0.05) is 22.6 Å².